The van der Waals surface area contributed by atoms with E-state index in [4.69, 9.17) is 14.2 Å². The zero-order chi connectivity index (χ0) is 22.2. The molecule has 0 atom stereocenters. The summed E-state index contributed by atoms with van der Waals surface area (Å²) in [5, 5.41) is 2.68. The fourth-order valence-corrected chi connectivity index (χ4v) is 2.91. The van der Waals surface area contributed by atoms with Gasteiger partial charge in [0.25, 0.3) is 0 Å². The SMILES string of the molecule is CCOC(=O)N1CCC(N(CCNC(=O)OC(C)(C)C)C(=O)OC(C)(C)C)CC1. The Hall–Kier alpha value is -2.19. The third kappa shape index (κ3) is 9.71. The van der Waals surface area contributed by atoms with Gasteiger partial charge in [-0.2, -0.15) is 0 Å². The third-order valence-corrected chi connectivity index (χ3v) is 4.08. The molecule has 1 aliphatic heterocycles. The molecule has 0 aromatic carbocycles. The van der Waals surface area contributed by atoms with Crippen molar-refractivity contribution in [1.82, 2.24) is 15.1 Å². The lowest BCUT2D eigenvalue weighted by Gasteiger charge is -2.38. The average Bonchev–Trinajstić information content (AvgIpc) is 2.56. The summed E-state index contributed by atoms with van der Waals surface area (Å²) < 4.78 is 15.8. The molecule has 3 amide bonds. The molecule has 0 radical (unpaired) electrons. The number of piperidine rings is 1. The molecule has 0 spiro atoms. The quantitative estimate of drug-likeness (QED) is 0.692. The molecular formula is C20H37N3O6. The van der Waals surface area contributed by atoms with Gasteiger partial charge in [-0.3, -0.25) is 0 Å². The maximum atomic E-state index is 12.7. The summed E-state index contributed by atoms with van der Waals surface area (Å²) in [5.74, 6) is 0. The van der Waals surface area contributed by atoms with Gasteiger partial charge in [-0.25, -0.2) is 14.4 Å². The molecule has 29 heavy (non-hydrogen) atoms. The molecule has 168 valence electrons. The molecule has 0 saturated carbocycles. The predicted octanol–water partition coefficient (Wildman–Crippen LogP) is 3.37. The lowest BCUT2D eigenvalue weighted by atomic mass is 10.0. The van der Waals surface area contributed by atoms with Crippen molar-refractivity contribution >= 4 is 18.3 Å². The molecular weight excluding hydrogens is 378 g/mol. The van der Waals surface area contributed by atoms with E-state index in [1.165, 1.54) is 0 Å². The van der Waals surface area contributed by atoms with Crippen LogP contribution in [0.1, 0.15) is 61.3 Å². The zero-order valence-corrected chi connectivity index (χ0v) is 18.9. The summed E-state index contributed by atoms with van der Waals surface area (Å²) in [7, 11) is 0. The number of nitrogens with zero attached hydrogens (tertiary/aromatic N) is 2. The number of carbonyl (C=O) groups excluding carboxylic acids is 3. The van der Waals surface area contributed by atoms with Crippen molar-refractivity contribution < 1.29 is 28.6 Å². The highest BCUT2D eigenvalue weighted by Gasteiger charge is 2.32. The van der Waals surface area contributed by atoms with E-state index < -0.39 is 23.4 Å². The van der Waals surface area contributed by atoms with Crippen molar-refractivity contribution in [3.63, 3.8) is 0 Å². The van der Waals surface area contributed by atoms with Gasteiger partial charge in [-0.05, 0) is 61.3 Å². The molecule has 0 aromatic rings. The van der Waals surface area contributed by atoms with E-state index in [0.29, 0.717) is 32.5 Å². The summed E-state index contributed by atoms with van der Waals surface area (Å²) in [6.45, 7) is 14.4. The Labute approximate surface area is 174 Å². The monoisotopic (exact) mass is 415 g/mol. The number of ether oxygens (including phenoxy) is 3. The van der Waals surface area contributed by atoms with Crippen molar-refractivity contribution in [3.05, 3.63) is 0 Å². The van der Waals surface area contributed by atoms with E-state index in [1.807, 2.05) is 20.8 Å². The van der Waals surface area contributed by atoms with E-state index in [2.05, 4.69) is 5.32 Å². The smallest absolute Gasteiger partial charge is 0.410 e. The summed E-state index contributed by atoms with van der Waals surface area (Å²) in [5.41, 5.74) is -1.21. The fraction of sp³-hybridized carbons (Fsp3) is 0.850. The van der Waals surface area contributed by atoms with Crippen LogP contribution < -0.4 is 5.32 Å². The predicted molar refractivity (Wildman–Crippen MR) is 109 cm³/mol. The van der Waals surface area contributed by atoms with Crippen LogP contribution in [0.3, 0.4) is 0 Å². The molecule has 1 heterocycles. The standard InChI is InChI=1S/C20H37N3O6/c1-8-27-17(25)22-12-9-15(10-13-22)23(18(26)29-20(5,6)7)14-11-21-16(24)28-19(2,3)4/h15H,8-14H2,1-7H3,(H,21,24). The number of carbonyl (C=O) groups is 3. The topological polar surface area (TPSA) is 97.4 Å². The molecule has 0 unspecified atom stereocenters. The largest absolute Gasteiger partial charge is 0.450 e. The Kier molecular flexibility index (Phi) is 9.04. The average molecular weight is 416 g/mol. The van der Waals surface area contributed by atoms with Crippen molar-refractivity contribution in [2.24, 2.45) is 0 Å². The first-order valence-electron chi connectivity index (χ1n) is 10.2. The molecule has 9 heteroatoms. The number of likely N-dealkylation sites (tertiary alicyclic amines) is 1. The second kappa shape index (κ2) is 10.5. The summed E-state index contributed by atoms with van der Waals surface area (Å²) >= 11 is 0. The molecule has 0 bridgehead atoms. The lowest BCUT2D eigenvalue weighted by molar-refractivity contribution is 0.00753. The van der Waals surface area contributed by atoms with E-state index in [0.717, 1.165) is 0 Å². The number of hydrogen-bond acceptors (Lipinski definition) is 6. The van der Waals surface area contributed by atoms with Crippen molar-refractivity contribution in [2.45, 2.75) is 78.6 Å². The molecule has 1 rings (SSSR count). The first-order chi connectivity index (χ1) is 13.3. The molecule has 1 saturated heterocycles. The second-order valence-electron chi connectivity index (χ2n) is 9.02. The summed E-state index contributed by atoms with van der Waals surface area (Å²) in [4.78, 5) is 39.8. The van der Waals surface area contributed by atoms with E-state index in [1.54, 1.807) is 37.5 Å². The van der Waals surface area contributed by atoms with E-state index >= 15 is 0 Å². The molecule has 9 nitrogen and oxygen atoms in total. The minimum Gasteiger partial charge on any atom is -0.450 e. The Morgan fingerprint density at radius 1 is 1.00 bits per heavy atom. The van der Waals surface area contributed by atoms with E-state index in [9.17, 15) is 14.4 Å². The highest BCUT2D eigenvalue weighted by Crippen LogP contribution is 2.20. The second-order valence-corrected chi connectivity index (χ2v) is 9.02. The Morgan fingerprint density at radius 3 is 2.03 bits per heavy atom. The van der Waals surface area contributed by atoms with Gasteiger partial charge in [0.2, 0.25) is 0 Å². The Bertz CT molecular complexity index is 560. The van der Waals surface area contributed by atoms with Crippen molar-refractivity contribution in [1.29, 1.82) is 0 Å². The highest BCUT2D eigenvalue weighted by atomic mass is 16.6. The van der Waals surface area contributed by atoms with Crippen LogP contribution in [-0.2, 0) is 14.2 Å². The van der Waals surface area contributed by atoms with Crippen LogP contribution in [0.5, 0.6) is 0 Å². The highest BCUT2D eigenvalue weighted by molar-refractivity contribution is 5.70. The minimum atomic E-state index is -0.625. The number of hydrogen-bond donors (Lipinski definition) is 1. The van der Waals surface area contributed by atoms with Crippen LogP contribution in [0.2, 0.25) is 0 Å². The van der Waals surface area contributed by atoms with Crippen LogP contribution >= 0.6 is 0 Å². The molecule has 1 fully saturated rings. The van der Waals surface area contributed by atoms with Gasteiger partial charge in [-0.15, -0.1) is 0 Å². The van der Waals surface area contributed by atoms with Gasteiger partial charge in [0.15, 0.2) is 0 Å². The first kappa shape index (κ1) is 24.8. The Balaban J connectivity index is 2.69. The van der Waals surface area contributed by atoms with Crippen LogP contribution in [0, 0.1) is 0 Å². The number of alkyl carbamates (subject to hydrolysis) is 1. The van der Waals surface area contributed by atoms with Gasteiger partial charge in [0.05, 0.1) is 6.61 Å². The van der Waals surface area contributed by atoms with Gasteiger partial charge in [0, 0.05) is 32.2 Å². The van der Waals surface area contributed by atoms with E-state index in [-0.39, 0.29) is 25.2 Å². The molecule has 1 N–H and O–H groups in total. The Morgan fingerprint density at radius 2 is 1.55 bits per heavy atom. The van der Waals surface area contributed by atoms with Crippen LogP contribution in [0.15, 0.2) is 0 Å². The van der Waals surface area contributed by atoms with Gasteiger partial charge < -0.3 is 29.3 Å². The first-order valence-corrected chi connectivity index (χ1v) is 10.2. The van der Waals surface area contributed by atoms with Gasteiger partial charge >= 0.3 is 18.3 Å². The molecule has 0 aliphatic carbocycles. The summed E-state index contributed by atoms with van der Waals surface area (Å²) in [6, 6.07) is -0.0871. The van der Waals surface area contributed by atoms with Crippen LogP contribution in [0.4, 0.5) is 14.4 Å². The van der Waals surface area contributed by atoms with Crippen molar-refractivity contribution in [2.75, 3.05) is 32.8 Å². The van der Waals surface area contributed by atoms with Crippen LogP contribution in [-0.4, -0.2) is 78.1 Å². The van der Waals surface area contributed by atoms with Crippen LogP contribution in [0.25, 0.3) is 0 Å². The molecule has 0 aromatic heterocycles. The number of amides is 3. The minimum absolute atomic E-state index is 0.0871. The summed E-state index contributed by atoms with van der Waals surface area (Å²) in [6.07, 6.45) is -0.0622. The maximum absolute atomic E-state index is 12.7. The normalized spacial score (nSPS) is 15.5. The number of nitrogens with one attached hydrogen (secondary N) is 1. The van der Waals surface area contributed by atoms with Gasteiger partial charge in [-0.1, -0.05) is 0 Å². The third-order valence-electron chi connectivity index (χ3n) is 4.08. The molecule has 1 aliphatic rings. The number of rotatable bonds is 5. The zero-order valence-electron chi connectivity index (χ0n) is 18.9. The maximum Gasteiger partial charge on any atom is 0.410 e. The lowest BCUT2D eigenvalue weighted by Crippen LogP contribution is -2.52. The fourth-order valence-electron chi connectivity index (χ4n) is 2.91. The van der Waals surface area contributed by atoms with Crippen molar-refractivity contribution in [3.8, 4) is 0 Å². The van der Waals surface area contributed by atoms with Gasteiger partial charge in [0.1, 0.15) is 11.2 Å².